The maximum Gasteiger partial charge on any atom is 0.304 e. The molecule has 0 aromatic heterocycles. The van der Waals surface area contributed by atoms with Crippen molar-refractivity contribution in [3.05, 3.63) is 29.6 Å². The van der Waals surface area contributed by atoms with Crippen LogP contribution in [-0.2, 0) is 4.79 Å². The molecule has 1 aromatic rings. The lowest BCUT2D eigenvalue weighted by Crippen LogP contribution is -2.18. The van der Waals surface area contributed by atoms with Crippen LogP contribution in [0, 0.1) is 5.82 Å². The monoisotopic (exact) mass is 227 g/mol. The lowest BCUT2D eigenvalue weighted by molar-refractivity contribution is -0.137. The molecule has 1 atom stereocenters. The number of aliphatic carboxylic acids is 1. The van der Waals surface area contributed by atoms with Crippen molar-refractivity contribution in [2.24, 2.45) is 5.73 Å². The Hall–Kier alpha value is -1.62. The van der Waals surface area contributed by atoms with Crippen molar-refractivity contribution in [2.45, 2.75) is 12.3 Å². The highest BCUT2D eigenvalue weighted by atomic mass is 19.1. The smallest absolute Gasteiger partial charge is 0.304 e. The van der Waals surface area contributed by atoms with Crippen molar-refractivity contribution < 1.29 is 19.0 Å². The molecule has 1 rings (SSSR count). The number of hydrogen-bond acceptors (Lipinski definition) is 3. The van der Waals surface area contributed by atoms with E-state index in [1.165, 1.54) is 19.2 Å². The van der Waals surface area contributed by atoms with Crippen LogP contribution in [0.25, 0.3) is 0 Å². The first-order valence-corrected chi connectivity index (χ1v) is 4.84. The van der Waals surface area contributed by atoms with Crippen molar-refractivity contribution >= 4 is 5.97 Å². The molecule has 1 unspecified atom stereocenters. The summed E-state index contributed by atoms with van der Waals surface area (Å²) in [4.78, 5) is 10.6. The average Bonchev–Trinajstić information content (AvgIpc) is 2.25. The largest absolute Gasteiger partial charge is 0.496 e. The van der Waals surface area contributed by atoms with Gasteiger partial charge in [-0.25, -0.2) is 4.39 Å². The summed E-state index contributed by atoms with van der Waals surface area (Å²) in [5.74, 6) is -1.75. The maximum atomic E-state index is 13.6. The van der Waals surface area contributed by atoms with Crippen molar-refractivity contribution in [3.63, 3.8) is 0 Å². The second-order valence-electron chi connectivity index (χ2n) is 3.39. The average molecular weight is 227 g/mol. The van der Waals surface area contributed by atoms with Crippen LogP contribution in [-0.4, -0.2) is 24.7 Å². The number of carboxylic acid groups (broad SMARTS) is 1. The Labute approximate surface area is 92.8 Å². The van der Waals surface area contributed by atoms with Crippen molar-refractivity contribution in [1.82, 2.24) is 0 Å². The SMILES string of the molecule is COc1cccc(F)c1C(CN)CC(=O)O. The zero-order valence-electron chi connectivity index (χ0n) is 8.94. The normalized spacial score (nSPS) is 12.2. The molecule has 0 fully saturated rings. The van der Waals surface area contributed by atoms with Crippen LogP contribution in [0.2, 0.25) is 0 Å². The third-order valence-corrected chi connectivity index (χ3v) is 2.35. The number of carbonyl (C=O) groups is 1. The third-order valence-electron chi connectivity index (χ3n) is 2.35. The number of halogens is 1. The van der Waals surface area contributed by atoms with E-state index >= 15 is 0 Å². The fourth-order valence-electron chi connectivity index (χ4n) is 1.61. The van der Waals surface area contributed by atoms with Crippen LogP contribution < -0.4 is 10.5 Å². The quantitative estimate of drug-likeness (QED) is 0.796. The predicted molar refractivity (Wildman–Crippen MR) is 57.0 cm³/mol. The zero-order chi connectivity index (χ0) is 12.1. The van der Waals surface area contributed by atoms with Gasteiger partial charge in [0.05, 0.1) is 13.5 Å². The number of methoxy groups -OCH3 is 1. The summed E-state index contributed by atoms with van der Waals surface area (Å²) in [6, 6.07) is 4.36. The summed E-state index contributed by atoms with van der Waals surface area (Å²) >= 11 is 0. The molecule has 16 heavy (non-hydrogen) atoms. The minimum atomic E-state index is -1.01. The first kappa shape index (κ1) is 12.4. The summed E-state index contributed by atoms with van der Waals surface area (Å²) in [5.41, 5.74) is 5.69. The molecule has 0 spiro atoms. The number of benzene rings is 1. The van der Waals surface area contributed by atoms with E-state index in [-0.39, 0.29) is 18.5 Å². The summed E-state index contributed by atoms with van der Waals surface area (Å²) in [7, 11) is 1.41. The molecule has 5 heteroatoms. The second kappa shape index (κ2) is 5.46. The molecule has 0 radical (unpaired) electrons. The molecular formula is C11H14FNO3. The zero-order valence-corrected chi connectivity index (χ0v) is 8.94. The van der Waals surface area contributed by atoms with Crippen LogP contribution in [0.1, 0.15) is 17.9 Å². The first-order valence-electron chi connectivity index (χ1n) is 4.84. The van der Waals surface area contributed by atoms with Gasteiger partial charge < -0.3 is 15.6 Å². The van der Waals surface area contributed by atoms with Crippen molar-refractivity contribution in [1.29, 1.82) is 0 Å². The molecule has 1 aromatic carbocycles. The van der Waals surface area contributed by atoms with E-state index in [0.717, 1.165) is 0 Å². The van der Waals surface area contributed by atoms with Gasteiger partial charge in [0.2, 0.25) is 0 Å². The van der Waals surface area contributed by atoms with E-state index in [9.17, 15) is 9.18 Å². The maximum absolute atomic E-state index is 13.6. The summed E-state index contributed by atoms with van der Waals surface area (Å²) in [6.07, 6.45) is -0.214. The van der Waals surface area contributed by atoms with E-state index in [0.29, 0.717) is 5.75 Å². The van der Waals surface area contributed by atoms with Crippen LogP contribution >= 0.6 is 0 Å². The Morgan fingerprint density at radius 1 is 1.62 bits per heavy atom. The molecule has 0 saturated heterocycles. The molecule has 3 N–H and O–H groups in total. The minimum absolute atomic E-state index is 0.0591. The lowest BCUT2D eigenvalue weighted by atomic mass is 9.94. The van der Waals surface area contributed by atoms with E-state index < -0.39 is 17.7 Å². The van der Waals surface area contributed by atoms with Gasteiger partial charge in [0.25, 0.3) is 0 Å². The van der Waals surface area contributed by atoms with E-state index in [1.807, 2.05) is 0 Å². The molecule has 0 bridgehead atoms. The molecule has 88 valence electrons. The Balaban J connectivity index is 3.12. The molecule has 0 saturated carbocycles. The molecule has 0 aliphatic heterocycles. The van der Waals surface area contributed by atoms with Crippen molar-refractivity contribution in [2.75, 3.05) is 13.7 Å². The van der Waals surface area contributed by atoms with Crippen LogP contribution in [0.5, 0.6) is 5.75 Å². The fraction of sp³-hybridized carbons (Fsp3) is 0.364. The second-order valence-corrected chi connectivity index (χ2v) is 3.39. The Bertz CT molecular complexity index is 381. The molecular weight excluding hydrogens is 213 g/mol. The Kier molecular flexibility index (Phi) is 4.25. The molecule has 4 nitrogen and oxygen atoms in total. The Morgan fingerprint density at radius 3 is 2.81 bits per heavy atom. The van der Waals surface area contributed by atoms with Crippen molar-refractivity contribution in [3.8, 4) is 5.75 Å². The van der Waals surface area contributed by atoms with Crippen LogP contribution in [0.4, 0.5) is 4.39 Å². The van der Waals surface area contributed by atoms with Gasteiger partial charge in [0.15, 0.2) is 0 Å². The van der Waals surface area contributed by atoms with Crippen LogP contribution in [0.3, 0.4) is 0 Å². The topological polar surface area (TPSA) is 72.5 Å². The summed E-state index contributed by atoms with van der Waals surface area (Å²) in [6.45, 7) is 0.0591. The standard InChI is InChI=1S/C11H14FNO3/c1-16-9-4-2-3-8(12)11(9)7(6-13)5-10(14)15/h2-4,7H,5-6,13H2,1H3,(H,14,15). The van der Waals surface area contributed by atoms with Gasteiger partial charge in [-0.05, 0) is 18.7 Å². The highest BCUT2D eigenvalue weighted by molar-refractivity contribution is 5.68. The number of nitrogens with two attached hydrogens (primary N) is 1. The highest BCUT2D eigenvalue weighted by Crippen LogP contribution is 2.30. The predicted octanol–water partition coefficient (Wildman–Crippen LogP) is 1.35. The van der Waals surface area contributed by atoms with Gasteiger partial charge in [-0.2, -0.15) is 0 Å². The van der Waals surface area contributed by atoms with Gasteiger partial charge >= 0.3 is 5.97 Å². The molecule has 0 heterocycles. The fourth-order valence-corrected chi connectivity index (χ4v) is 1.61. The van der Waals surface area contributed by atoms with Gasteiger partial charge in [-0.3, -0.25) is 4.79 Å². The first-order chi connectivity index (χ1) is 7.60. The molecule has 0 aliphatic rings. The molecule has 0 aliphatic carbocycles. The summed E-state index contributed by atoms with van der Waals surface area (Å²) in [5, 5.41) is 8.71. The number of carboxylic acids is 1. The molecule has 0 amide bonds. The number of ether oxygens (including phenoxy) is 1. The van der Waals surface area contributed by atoms with Gasteiger partial charge in [-0.15, -0.1) is 0 Å². The lowest BCUT2D eigenvalue weighted by Gasteiger charge is -2.17. The van der Waals surface area contributed by atoms with E-state index in [1.54, 1.807) is 6.07 Å². The number of hydrogen-bond donors (Lipinski definition) is 2. The van der Waals surface area contributed by atoms with Crippen LogP contribution in [0.15, 0.2) is 18.2 Å². The van der Waals surface area contributed by atoms with E-state index in [4.69, 9.17) is 15.6 Å². The van der Waals surface area contributed by atoms with Gasteiger partial charge in [0, 0.05) is 11.5 Å². The Morgan fingerprint density at radius 2 is 2.31 bits per heavy atom. The third kappa shape index (κ3) is 2.70. The van der Waals surface area contributed by atoms with Gasteiger partial charge in [-0.1, -0.05) is 6.07 Å². The highest BCUT2D eigenvalue weighted by Gasteiger charge is 2.21. The van der Waals surface area contributed by atoms with E-state index in [2.05, 4.69) is 0 Å². The van der Waals surface area contributed by atoms with Gasteiger partial charge in [0.1, 0.15) is 11.6 Å². The number of rotatable bonds is 5. The minimum Gasteiger partial charge on any atom is -0.496 e. The summed E-state index contributed by atoms with van der Waals surface area (Å²) < 4.78 is 18.6.